The van der Waals surface area contributed by atoms with Crippen molar-refractivity contribution < 1.29 is 18.9 Å². The SMILES string of the molecule is COc1cc2c(cc1OC)C1Cc3ccc4cc5c(cc4c3CN1CC2)OCO5. The fourth-order valence-corrected chi connectivity index (χ4v) is 5.12. The first-order valence-electron chi connectivity index (χ1n) is 10.1. The van der Waals surface area contributed by atoms with Crippen molar-refractivity contribution in [2.24, 2.45) is 0 Å². The second-order valence-corrected chi connectivity index (χ2v) is 7.98. The number of nitrogens with zero attached hydrogens (tertiary/aromatic N) is 1. The third-order valence-electron chi connectivity index (χ3n) is 6.61. The molecule has 0 fully saturated rings. The number of hydrogen-bond acceptors (Lipinski definition) is 5. The van der Waals surface area contributed by atoms with E-state index in [1.165, 1.54) is 33.0 Å². The Balaban J connectivity index is 1.45. The summed E-state index contributed by atoms with van der Waals surface area (Å²) in [5.41, 5.74) is 5.57. The highest BCUT2D eigenvalue weighted by Gasteiger charge is 2.34. The lowest BCUT2D eigenvalue weighted by molar-refractivity contribution is 0.161. The van der Waals surface area contributed by atoms with Gasteiger partial charge in [-0.2, -0.15) is 0 Å². The first-order valence-corrected chi connectivity index (χ1v) is 10.1. The van der Waals surface area contributed by atoms with Gasteiger partial charge in [0.1, 0.15) is 0 Å². The van der Waals surface area contributed by atoms with Gasteiger partial charge in [-0.15, -0.1) is 0 Å². The van der Waals surface area contributed by atoms with Crippen LogP contribution in [0.15, 0.2) is 36.4 Å². The van der Waals surface area contributed by atoms with Crippen molar-refractivity contribution in [3.63, 3.8) is 0 Å². The molecule has 1 unspecified atom stereocenters. The molecule has 6 rings (SSSR count). The number of hydrogen-bond donors (Lipinski definition) is 0. The van der Waals surface area contributed by atoms with Gasteiger partial charge in [-0.1, -0.05) is 12.1 Å². The Bertz CT molecular complexity index is 1140. The van der Waals surface area contributed by atoms with Gasteiger partial charge in [0.15, 0.2) is 23.0 Å². The summed E-state index contributed by atoms with van der Waals surface area (Å²) in [6.07, 6.45) is 2.03. The van der Waals surface area contributed by atoms with Crippen LogP contribution in [0.5, 0.6) is 23.0 Å². The zero-order chi connectivity index (χ0) is 19.5. The average Bonchev–Trinajstić information content (AvgIpc) is 3.22. The standard InChI is InChI=1S/C24H23NO4/c1-26-21-8-16-5-6-25-12-19-14(7-20(25)18(16)11-22(21)27-2)3-4-15-9-23-24(10-17(15)19)29-13-28-23/h3-4,8-11,20H,5-7,12-13H2,1-2H3. The van der Waals surface area contributed by atoms with Crippen molar-refractivity contribution in [3.8, 4) is 23.0 Å². The van der Waals surface area contributed by atoms with Crippen LogP contribution in [0.3, 0.4) is 0 Å². The Morgan fingerprint density at radius 3 is 2.55 bits per heavy atom. The van der Waals surface area contributed by atoms with Gasteiger partial charge in [0.25, 0.3) is 0 Å². The highest BCUT2D eigenvalue weighted by Crippen LogP contribution is 2.45. The molecule has 29 heavy (non-hydrogen) atoms. The normalized spacial score (nSPS) is 19.4. The van der Waals surface area contributed by atoms with E-state index in [-0.39, 0.29) is 0 Å². The van der Waals surface area contributed by atoms with E-state index in [0.29, 0.717) is 12.8 Å². The summed E-state index contributed by atoms with van der Waals surface area (Å²) in [6.45, 7) is 2.31. The minimum Gasteiger partial charge on any atom is -0.493 e. The van der Waals surface area contributed by atoms with E-state index in [9.17, 15) is 0 Å². The summed E-state index contributed by atoms with van der Waals surface area (Å²) >= 11 is 0. The lowest BCUT2D eigenvalue weighted by Crippen LogP contribution is -2.39. The van der Waals surface area contributed by atoms with Crippen LogP contribution in [0.2, 0.25) is 0 Å². The fourth-order valence-electron chi connectivity index (χ4n) is 5.12. The first-order chi connectivity index (χ1) is 14.2. The van der Waals surface area contributed by atoms with Gasteiger partial charge in [-0.3, -0.25) is 4.90 Å². The summed E-state index contributed by atoms with van der Waals surface area (Å²) in [4.78, 5) is 2.60. The Morgan fingerprint density at radius 1 is 0.931 bits per heavy atom. The summed E-state index contributed by atoms with van der Waals surface area (Å²) < 4.78 is 22.3. The molecule has 1 atom stereocenters. The molecule has 0 saturated carbocycles. The number of ether oxygens (including phenoxy) is 4. The summed E-state index contributed by atoms with van der Waals surface area (Å²) in [5, 5.41) is 2.50. The van der Waals surface area contributed by atoms with E-state index < -0.39 is 0 Å². The van der Waals surface area contributed by atoms with Crippen LogP contribution in [0.4, 0.5) is 0 Å². The Kier molecular flexibility index (Phi) is 3.68. The van der Waals surface area contributed by atoms with Crippen molar-refractivity contribution in [2.45, 2.75) is 25.4 Å². The average molecular weight is 389 g/mol. The minimum absolute atomic E-state index is 0.310. The van der Waals surface area contributed by atoms with E-state index >= 15 is 0 Å². The van der Waals surface area contributed by atoms with Gasteiger partial charge in [-0.05, 0) is 70.1 Å². The third kappa shape index (κ3) is 2.50. The maximum Gasteiger partial charge on any atom is 0.231 e. The summed E-state index contributed by atoms with van der Waals surface area (Å²) in [5.74, 6) is 3.33. The van der Waals surface area contributed by atoms with Crippen LogP contribution in [-0.4, -0.2) is 32.5 Å². The van der Waals surface area contributed by atoms with Crippen molar-refractivity contribution >= 4 is 10.8 Å². The van der Waals surface area contributed by atoms with Crippen LogP contribution >= 0.6 is 0 Å². The van der Waals surface area contributed by atoms with Crippen molar-refractivity contribution in [1.82, 2.24) is 4.90 Å². The third-order valence-corrected chi connectivity index (χ3v) is 6.61. The number of methoxy groups -OCH3 is 2. The van der Waals surface area contributed by atoms with E-state index in [1.807, 2.05) is 0 Å². The Labute approximate surface area is 169 Å². The molecular weight excluding hydrogens is 366 g/mol. The minimum atomic E-state index is 0.310. The largest absolute Gasteiger partial charge is 0.493 e. The van der Waals surface area contributed by atoms with Crippen LogP contribution in [0.1, 0.15) is 28.3 Å². The monoisotopic (exact) mass is 389 g/mol. The molecule has 0 aliphatic carbocycles. The molecule has 3 aliphatic heterocycles. The predicted octanol–water partition coefficient (Wildman–Crippen LogP) is 4.24. The van der Waals surface area contributed by atoms with Gasteiger partial charge < -0.3 is 18.9 Å². The zero-order valence-electron chi connectivity index (χ0n) is 16.7. The second kappa shape index (κ2) is 6.29. The quantitative estimate of drug-likeness (QED) is 0.656. The Morgan fingerprint density at radius 2 is 1.72 bits per heavy atom. The molecule has 3 aromatic rings. The lowest BCUT2D eigenvalue weighted by Gasteiger charge is -2.42. The summed E-state index contributed by atoms with van der Waals surface area (Å²) in [7, 11) is 3.41. The maximum atomic E-state index is 5.64. The molecule has 5 nitrogen and oxygen atoms in total. The number of fused-ring (bicyclic) bond motifs is 7. The predicted molar refractivity (Wildman–Crippen MR) is 110 cm³/mol. The van der Waals surface area contributed by atoms with E-state index in [2.05, 4.69) is 41.3 Å². The smallest absolute Gasteiger partial charge is 0.231 e. The van der Waals surface area contributed by atoms with E-state index in [0.717, 1.165) is 48.9 Å². The molecule has 0 N–H and O–H groups in total. The highest BCUT2D eigenvalue weighted by molar-refractivity contribution is 5.90. The highest BCUT2D eigenvalue weighted by atomic mass is 16.7. The van der Waals surface area contributed by atoms with Gasteiger partial charge >= 0.3 is 0 Å². The molecule has 3 heterocycles. The number of benzene rings is 3. The van der Waals surface area contributed by atoms with Crippen molar-refractivity contribution in [1.29, 1.82) is 0 Å². The maximum absolute atomic E-state index is 5.64. The van der Waals surface area contributed by atoms with E-state index in [1.54, 1.807) is 14.2 Å². The summed E-state index contributed by atoms with van der Waals surface area (Å²) in [6, 6.07) is 13.5. The van der Waals surface area contributed by atoms with Gasteiger partial charge in [-0.25, -0.2) is 0 Å². The molecule has 0 bridgehead atoms. The van der Waals surface area contributed by atoms with Crippen LogP contribution in [-0.2, 0) is 19.4 Å². The van der Waals surface area contributed by atoms with Crippen LogP contribution in [0.25, 0.3) is 10.8 Å². The molecule has 148 valence electrons. The zero-order valence-corrected chi connectivity index (χ0v) is 16.7. The molecule has 0 amide bonds. The molecule has 0 saturated heterocycles. The molecule has 0 aromatic heterocycles. The van der Waals surface area contributed by atoms with Gasteiger partial charge in [0, 0.05) is 19.1 Å². The molecule has 0 spiro atoms. The van der Waals surface area contributed by atoms with Gasteiger partial charge in [0.05, 0.1) is 14.2 Å². The fraction of sp³-hybridized carbons (Fsp3) is 0.333. The van der Waals surface area contributed by atoms with Gasteiger partial charge in [0.2, 0.25) is 6.79 Å². The number of rotatable bonds is 2. The van der Waals surface area contributed by atoms with E-state index in [4.69, 9.17) is 18.9 Å². The van der Waals surface area contributed by atoms with Crippen LogP contribution < -0.4 is 18.9 Å². The molecular formula is C24H23NO4. The Hall–Kier alpha value is -2.92. The molecule has 3 aliphatic rings. The molecule has 3 aromatic carbocycles. The molecule has 0 radical (unpaired) electrons. The lowest BCUT2D eigenvalue weighted by atomic mass is 9.82. The van der Waals surface area contributed by atoms with Crippen molar-refractivity contribution in [2.75, 3.05) is 27.6 Å². The topological polar surface area (TPSA) is 40.2 Å². The molecule has 5 heteroatoms. The van der Waals surface area contributed by atoms with Crippen LogP contribution in [0, 0.1) is 0 Å². The van der Waals surface area contributed by atoms with Crippen molar-refractivity contribution in [3.05, 3.63) is 58.7 Å². The first kappa shape index (κ1) is 17.0. The second-order valence-electron chi connectivity index (χ2n) is 7.98.